The standard InChI is InChI=1S/C14H21N3O2/c1-10(11-3-4-11)17(7-8-19-2)14(18)12-5-6-16-9-13(12)15/h5-6,9-11H,3-4,7-8,15H2,1-2H3. The Kier molecular flexibility index (Phi) is 4.37. The van der Waals surface area contributed by atoms with Gasteiger partial charge < -0.3 is 15.4 Å². The number of nitrogens with two attached hydrogens (primary N) is 1. The predicted octanol–water partition coefficient (Wildman–Crippen LogP) is 1.55. The molecule has 1 unspecified atom stereocenters. The summed E-state index contributed by atoms with van der Waals surface area (Å²) in [5.41, 5.74) is 6.79. The second-order valence-electron chi connectivity index (χ2n) is 5.03. The molecule has 5 heteroatoms. The van der Waals surface area contributed by atoms with Crippen molar-refractivity contribution in [1.82, 2.24) is 9.88 Å². The van der Waals surface area contributed by atoms with Crippen LogP contribution < -0.4 is 5.73 Å². The van der Waals surface area contributed by atoms with Gasteiger partial charge in [-0.15, -0.1) is 0 Å². The first kappa shape index (κ1) is 13.8. The first-order chi connectivity index (χ1) is 9.15. The molecular weight excluding hydrogens is 242 g/mol. The fraction of sp³-hybridized carbons (Fsp3) is 0.571. The molecule has 1 aromatic rings. The summed E-state index contributed by atoms with van der Waals surface area (Å²) in [4.78, 5) is 18.4. The molecule has 1 aliphatic rings. The highest BCUT2D eigenvalue weighted by molar-refractivity contribution is 5.99. The molecule has 0 radical (unpaired) electrons. The van der Waals surface area contributed by atoms with Crippen LogP contribution in [0.2, 0.25) is 0 Å². The summed E-state index contributed by atoms with van der Waals surface area (Å²) in [6.45, 7) is 3.23. The number of pyridine rings is 1. The molecule has 0 aromatic carbocycles. The van der Waals surface area contributed by atoms with E-state index in [0.29, 0.717) is 30.3 Å². The number of carbonyl (C=O) groups excluding carboxylic acids is 1. The van der Waals surface area contributed by atoms with E-state index in [1.54, 1.807) is 19.4 Å². The maximum Gasteiger partial charge on any atom is 0.256 e. The zero-order valence-electron chi connectivity index (χ0n) is 11.5. The highest BCUT2D eigenvalue weighted by Gasteiger charge is 2.34. The van der Waals surface area contributed by atoms with Gasteiger partial charge in [0.1, 0.15) is 0 Å². The van der Waals surface area contributed by atoms with Crippen LogP contribution >= 0.6 is 0 Å². The first-order valence-electron chi connectivity index (χ1n) is 6.64. The summed E-state index contributed by atoms with van der Waals surface area (Å²) in [7, 11) is 1.64. The molecule has 0 bridgehead atoms. The van der Waals surface area contributed by atoms with E-state index >= 15 is 0 Å². The molecule has 19 heavy (non-hydrogen) atoms. The first-order valence-corrected chi connectivity index (χ1v) is 6.64. The lowest BCUT2D eigenvalue weighted by atomic mass is 10.1. The highest BCUT2D eigenvalue weighted by Crippen LogP contribution is 2.35. The molecule has 1 fully saturated rings. The Morgan fingerprint density at radius 3 is 2.95 bits per heavy atom. The Morgan fingerprint density at radius 1 is 1.63 bits per heavy atom. The van der Waals surface area contributed by atoms with Gasteiger partial charge in [0.2, 0.25) is 0 Å². The van der Waals surface area contributed by atoms with E-state index in [1.165, 1.54) is 19.0 Å². The number of anilines is 1. The summed E-state index contributed by atoms with van der Waals surface area (Å²) in [6.07, 6.45) is 5.51. The lowest BCUT2D eigenvalue weighted by Crippen LogP contribution is -2.42. The van der Waals surface area contributed by atoms with E-state index in [4.69, 9.17) is 10.5 Å². The molecule has 1 atom stereocenters. The van der Waals surface area contributed by atoms with Crippen molar-refractivity contribution in [2.45, 2.75) is 25.8 Å². The van der Waals surface area contributed by atoms with Crippen molar-refractivity contribution in [2.75, 3.05) is 26.0 Å². The molecule has 1 heterocycles. The third-order valence-corrected chi connectivity index (χ3v) is 3.68. The second kappa shape index (κ2) is 6.02. The number of rotatable bonds is 6. The minimum Gasteiger partial charge on any atom is -0.397 e. The average Bonchev–Trinajstić information content (AvgIpc) is 3.23. The van der Waals surface area contributed by atoms with Crippen molar-refractivity contribution in [3.63, 3.8) is 0 Å². The molecule has 5 nitrogen and oxygen atoms in total. The molecule has 1 saturated carbocycles. The molecule has 2 N–H and O–H groups in total. The third kappa shape index (κ3) is 3.23. The van der Waals surface area contributed by atoms with Crippen molar-refractivity contribution in [2.24, 2.45) is 5.92 Å². The predicted molar refractivity (Wildman–Crippen MR) is 73.7 cm³/mol. The Morgan fingerprint density at radius 2 is 2.37 bits per heavy atom. The van der Waals surface area contributed by atoms with Gasteiger partial charge in [0.25, 0.3) is 5.91 Å². The molecule has 1 aliphatic carbocycles. The van der Waals surface area contributed by atoms with Gasteiger partial charge in [-0.3, -0.25) is 9.78 Å². The second-order valence-corrected chi connectivity index (χ2v) is 5.03. The zero-order chi connectivity index (χ0) is 13.8. The Labute approximate surface area is 113 Å². The molecule has 104 valence electrons. The number of nitrogen functional groups attached to an aromatic ring is 1. The molecular formula is C14H21N3O2. The molecule has 0 aliphatic heterocycles. The van der Waals surface area contributed by atoms with Gasteiger partial charge in [0, 0.05) is 25.9 Å². The number of aromatic nitrogens is 1. The van der Waals surface area contributed by atoms with Crippen LogP contribution in [0.15, 0.2) is 18.5 Å². The average molecular weight is 263 g/mol. The Hall–Kier alpha value is -1.62. The van der Waals surface area contributed by atoms with Crippen molar-refractivity contribution in [3.8, 4) is 0 Å². The monoisotopic (exact) mass is 263 g/mol. The SMILES string of the molecule is COCCN(C(=O)c1ccncc1N)C(C)C1CC1. The number of carbonyl (C=O) groups is 1. The molecule has 0 saturated heterocycles. The normalized spacial score (nSPS) is 16.1. The smallest absolute Gasteiger partial charge is 0.256 e. The van der Waals surface area contributed by atoms with Gasteiger partial charge in [0.15, 0.2) is 0 Å². The van der Waals surface area contributed by atoms with Crippen LogP contribution in [0.1, 0.15) is 30.1 Å². The lowest BCUT2D eigenvalue weighted by Gasteiger charge is -2.29. The Balaban J connectivity index is 2.17. The van der Waals surface area contributed by atoms with E-state index in [9.17, 15) is 4.79 Å². The van der Waals surface area contributed by atoms with Crippen LogP contribution in [0, 0.1) is 5.92 Å². The number of hydrogen-bond donors (Lipinski definition) is 1. The number of nitrogens with zero attached hydrogens (tertiary/aromatic N) is 2. The van der Waals surface area contributed by atoms with Crippen molar-refractivity contribution in [3.05, 3.63) is 24.0 Å². The van der Waals surface area contributed by atoms with Gasteiger partial charge in [-0.1, -0.05) is 0 Å². The van der Waals surface area contributed by atoms with Crippen LogP contribution in [-0.4, -0.2) is 42.1 Å². The van der Waals surface area contributed by atoms with Gasteiger partial charge in [-0.05, 0) is 31.7 Å². The maximum absolute atomic E-state index is 12.6. The van der Waals surface area contributed by atoms with E-state index in [0.717, 1.165) is 0 Å². The minimum absolute atomic E-state index is 0.0312. The summed E-state index contributed by atoms with van der Waals surface area (Å²) in [6, 6.07) is 1.91. The molecule has 2 rings (SSSR count). The molecule has 0 spiro atoms. The summed E-state index contributed by atoms with van der Waals surface area (Å²) in [5, 5.41) is 0. The van der Waals surface area contributed by atoms with Gasteiger partial charge in [-0.25, -0.2) is 0 Å². The van der Waals surface area contributed by atoms with Gasteiger partial charge >= 0.3 is 0 Å². The quantitative estimate of drug-likeness (QED) is 0.845. The molecule has 1 aromatic heterocycles. The fourth-order valence-electron chi connectivity index (χ4n) is 2.27. The van der Waals surface area contributed by atoms with Crippen molar-refractivity contribution >= 4 is 11.6 Å². The van der Waals surface area contributed by atoms with E-state index < -0.39 is 0 Å². The lowest BCUT2D eigenvalue weighted by molar-refractivity contribution is 0.0595. The van der Waals surface area contributed by atoms with Crippen LogP contribution in [-0.2, 0) is 4.74 Å². The minimum atomic E-state index is -0.0312. The fourth-order valence-corrected chi connectivity index (χ4v) is 2.27. The molecule has 1 amide bonds. The van der Waals surface area contributed by atoms with E-state index in [-0.39, 0.29) is 11.9 Å². The van der Waals surface area contributed by atoms with Crippen molar-refractivity contribution in [1.29, 1.82) is 0 Å². The van der Waals surface area contributed by atoms with E-state index in [1.807, 2.05) is 4.90 Å². The highest BCUT2D eigenvalue weighted by atomic mass is 16.5. The summed E-state index contributed by atoms with van der Waals surface area (Å²) in [5.74, 6) is 0.584. The topological polar surface area (TPSA) is 68.5 Å². The third-order valence-electron chi connectivity index (χ3n) is 3.68. The number of hydrogen-bond acceptors (Lipinski definition) is 4. The largest absolute Gasteiger partial charge is 0.397 e. The van der Waals surface area contributed by atoms with Crippen LogP contribution in [0.25, 0.3) is 0 Å². The summed E-state index contributed by atoms with van der Waals surface area (Å²) >= 11 is 0. The number of amides is 1. The van der Waals surface area contributed by atoms with Gasteiger partial charge in [0.05, 0.1) is 24.1 Å². The van der Waals surface area contributed by atoms with Crippen LogP contribution in [0.5, 0.6) is 0 Å². The van der Waals surface area contributed by atoms with Crippen LogP contribution in [0.3, 0.4) is 0 Å². The van der Waals surface area contributed by atoms with E-state index in [2.05, 4.69) is 11.9 Å². The van der Waals surface area contributed by atoms with Gasteiger partial charge in [-0.2, -0.15) is 0 Å². The maximum atomic E-state index is 12.6. The van der Waals surface area contributed by atoms with Crippen molar-refractivity contribution < 1.29 is 9.53 Å². The van der Waals surface area contributed by atoms with Crippen LogP contribution in [0.4, 0.5) is 5.69 Å². The summed E-state index contributed by atoms with van der Waals surface area (Å²) < 4.78 is 5.10. The number of methoxy groups -OCH3 is 1. The zero-order valence-corrected chi connectivity index (χ0v) is 11.5. The Bertz CT molecular complexity index is 446. The number of ether oxygens (including phenoxy) is 1.